The van der Waals surface area contributed by atoms with Gasteiger partial charge in [-0.2, -0.15) is 0 Å². The normalized spacial score (nSPS) is 20.2. The van der Waals surface area contributed by atoms with Crippen LogP contribution in [0.2, 0.25) is 0 Å². The largest absolute Gasteiger partial charge is 0.360 e. The van der Waals surface area contributed by atoms with E-state index in [4.69, 9.17) is 0 Å². The number of dihydropyridines is 1. The maximum atomic E-state index is 4.29. The second-order valence-electron chi connectivity index (χ2n) is 16.7. The van der Waals surface area contributed by atoms with Crippen LogP contribution in [0.15, 0.2) is 193 Å². The van der Waals surface area contributed by atoms with Gasteiger partial charge < -0.3 is 9.88 Å². The van der Waals surface area contributed by atoms with Gasteiger partial charge in [0, 0.05) is 33.0 Å². The number of fused-ring (bicyclic) bond motifs is 9. The number of para-hydroxylation sites is 1. The molecular formula is C55H42N2. The molecule has 0 fully saturated rings. The van der Waals surface area contributed by atoms with Crippen LogP contribution in [0.25, 0.3) is 55.0 Å². The Bertz CT molecular complexity index is 3130. The van der Waals surface area contributed by atoms with Gasteiger partial charge in [0.25, 0.3) is 0 Å². The molecule has 2 heteroatoms. The van der Waals surface area contributed by atoms with Gasteiger partial charge >= 0.3 is 0 Å². The smallest absolute Gasteiger partial charge is 0.131 e. The molecule has 8 aromatic rings. The number of aromatic nitrogens is 1. The van der Waals surface area contributed by atoms with Crippen molar-refractivity contribution in [2.45, 2.75) is 43.7 Å². The molecule has 2 atom stereocenters. The molecule has 2 unspecified atom stereocenters. The van der Waals surface area contributed by atoms with Crippen molar-refractivity contribution in [2.24, 2.45) is 0 Å². The third-order valence-electron chi connectivity index (χ3n) is 13.5. The van der Waals surface area contributed by atoms with Gasteiger partial charge in [0.15, 0.2) is 0 Å². The highest BCUT2D eigenvalue weighted by molar-refractivity contribution is 6.13. The Balaban J connectivity index is 1.19. The molecule has 0 saturated heterocycles. The summed E-state index contributed by atoms with van der Waals surface area (Å²) in [5.74, 6) is 0. The van der Waals surface area contributed by atoms with E-state index in [-0.39, 0.29) is 11.6 Å². The molecule has 2 nitrogen and oxygen atoms in total. The molecule has 0 bridgehead atoms. The summed E-state index contributed by atoms with van der Waals surface area (Å²) >= 11 is 0. The van der Waals surface area contributed by atoms with Crippen molar-refractivity contribution in [1.82, 2.24) is 9.88 Å². The molecule has 3 aliphatic carbocycles. The zero-order valence-electron chi connectivity index (χ0n) is 32.3. The summed E-state index contributed by atoms with van der Waals surface area (Å²) in [4.78, 5) is 0. The highest BCUT2D eigenvalue weighted by Gasteiger charge is 2.49. The molecule has 1 N–H and O–H groups in total. The van der Waals surface area contributed by atoms with E-state index >= 15 is 0 Å². The van der Waals surface area contributed by atoms with Crippen LogP contribution in [-0.2, 0) is 10.8 Å². The molecule has 12 rings (SSSR count). The first-order valence-corrected chi connectivity index (χ1v) is 20.5. The van der Waals surface area contributed by atoms with Crippen LogP contribution in [-0.4, -0.2) is 4.57 Å². The quantitative estimate of drug-likeness (QED) is 0.191. The summed E-state index contributed by atoms with van der Waals surface area (Å²) in [6, 6.07) is 59.1. The fourth-order valence-corrected chi connectivity index (χ4v) is 11.0. The minimum atomic E-state index is -0.433. The fraction of sp³-hybridized carbons (Fsp3) is 0.127. The van der Waals surface area contributed by atoms with E-state index in [1.54, 1.807) is 0 Å². The first kappa shape index (κ1) is 32.6. The van der Waals surface area contributed by atoms with Gasteiger partial charge in [0.1, 0.15) is 6.17 Å². The van der Waals surface area contributed by atoms with E-state index in [1.807, 2.05) is 0 Å². The second kappa shape index (κ2) is 11.9. The number of allylic oxidation sites excluding steroid dienone is 6. The van der Waals surface area contributed by atoms with Gasteiger partial charge in [-0.25, -0.2) is 0 Å². The number of benzene rings is 7. The standard InChI is InChI=1S/C55H42N2/c1-54(2)45-28-14-12-26-42(45)52-48(54)34-44(53(56-52)57-49-31-16-13-24-39(49)43-32-35-18-9-10-19-36(35)33-50(43)57)40-27-17-30-47-51(40)41-25-11-15-29-46(41)55(47,37-20-5-3-6-21-37)38-22-7-4-8-23-38/h3,5-7,9-34,53,56H,4,8H2,1-2H3. The average Bonchev–Trinajstić information content (AvgIpc) is 3.84. The molecule has 0 amide bonds. The molecular weight excluding hydrogens is 689 g/mol. The summed E-state index contributed by atoms with van der Waals surface area (Å²) in [7, 11) is 0. The number of hydrogen-bond acceptors (Lipinski definition) is 1. The monoisotopic (exact) mass is 730 g/mol. The Morgan fingerprint density at radius 3 is 2.09 bits per heavy atom. The molecule has 57 heavy (non-hydrogen) atoms. The Labute approximate surface area is 333 Å². The summed E-state index contributed by atoms with van der Waals surface area (Å²) in [6.07, 6.45) is 11.8. The third kappa shape index (κ3) is 4.36. The maximum Gasteiger partial charge on any atom is 0.131 e. The summed E-state index contributed by atoms with van der Waals surface area (Å²) in [5, 5.41) is 9.35. The first-order valence-electron chi connectivity index (χ1n) is 20.5. The van der Waals surface area contributed by atoms with Gasteiger partial charge in [0.05, 0.1) is 16.4 Å². The highest BCUT2D eigenvalue weighted by atomic mass is 15.2. The van der Waals surface area contributed by atoms with Crippen LogP contribution in [0.1, 0.15) is 66.2 Å². The summed E-state index contributed by atoms with van der Waals surface area (Å²) in [5.41, 5.74) is 17.7. The van der Waals surface area contributed by atoms with Crippen molar-refractivity contribution in [3.8, 4) is 11.1 Å². The SMILES string of the molecule is CC1(C)C2=C(NC(n3c4ccccc4c4cc5ccccc5cc43)C(c3cccc4c3-c3ccccc3C4(C3=CCCC=C3)c3ccccc3)=C2)c2ccccc21. The number of nitrogens with zero attached hydrogens (tertiary/aromatic N) is 1. The molecule has 0 spiro atoms. The van der Waals surface area contributed by atoms with Gasteiger partial charge in [0.2, 0.25) is 0 Å². The average molecular weight is 731 g/mol. The van der Waals surface area contributed by atoms with Gasteiger partial charge in [-0.15, -0.1) is 0 Å². The van der Waals surface area contributed by atoms with Crippen LogP contribution in [0, 0.1) is 0 Å². The summed E-state index contributed by atoms with van der Waals surface area (Å²) in [6.45, 7) is 4.79. The molecule has 272 valence electrons. The van der Waals surface area contributed by atoms with Crippen molar-refractivity contribution >= 4 is 43.8 Å². The van der Waals surface area contributed by atoms with Gasteiger partial charge in [-0.3, -0.25) is 0 Å². The van der Waals surface area contributed by atoms with Crippen LogP contribution < -0.4 is 5.32 Å². The van der Waals surface area contributed by atoms with Crippen molar-refractivity contribution in [2.75, 3.05) is 0 Å². The van der Waals surface area contributed by atoms with Crippen molar-refractivity contribution in [3.63, 3.8) is 0 Å². The van der Waals surface area contributed by atoms with E-state index in [0.717, 1.165) is 12.8 Å². The number of nitrogens with one attached hydrogen (secondary N) is 1. The Morgan fingerprint density at radius 2 is 1.26 bits per heavy atom. The van der Waals surface area contributed by atoms with Gasteiger partial charge in [-0.1, -0.05) is 172 Å². The lowest BCUT2D eigenvalue weighted by atomic mass is 9.66. The molecule has 1 aliphatic heterocycles. The van der Waals surface area contributed by atoms with Crippen LogP contribution in [0.4, 0.5) is 0 Å². The van der Waals surface area contributed by atoms with Crippen molar-refractivity contribution in [1.29, 1.82) is 0 Å². The molecule has 1 aromatic heterocycles. The zero-order chi connectivity index (χ0) is 37.9. The Hall–Kier alpha value is -6.64. The Morgan fingerprint density at radius 1 is 0.579 bits per heavy atom. The molecule has 0 radical (unpaired) electrons. The topological polar surface area (TPSA) is 17.0 Å². The van der Waals surface area contributed by atoms with Crippen LogP contribution >= 0.6 is 0 Å². The number of hydrogen-bond donors (Lipinski definition) is 1. The van der Waals surface area contributed by atoms with E-state index in [2.05, 4.69) is 206 Å². The predicted molar refractivity (Wildman–Crippen MR) is 238 cm³/mol. The molecule has 2 heterocycles. The lowest BCUT2D eigenvalue weighted by Gasteiger charge is -2.36. The van der Waals surface area contributed by atoms with E-state index < -0.39 is 5.41 Å². The van der Waals surface area contributed by atoms with E-state index in [0.29, 0.717) is 0 Å². The van der Waals surface area contributed by atoms with Crippen LogP contribution in [0.3, 0.4) is 0 Å². The minimum Gasteiger partial charge on any atom is -0.360 e. The lowest BCUT2D eigenvalue weighted by molar-refractivity contribution is 0.592. The molecule has 7 aromatic carbocycles. The predicted octanol–water partition coefficient (Wildman–Crippen LogP) is 13.4. The second-order valence-corrected chi connectivity index (χ2v) is 16.7. The Kier molecular flexibility index (Phi) is 6.82. The minimum absolute atomic E-state index is 0.173. The lowest BCUT2D eigenvalue weighted by Crippen LogP contribution is -2.31. The van der Waals surface area contributed by atoms with Crippen molar-refractivity contribution < 1.29 is 0 Å². The van der Waals surface area contributed by atoms with E-state index in [9.17, 15) is 0 Å². The van der Waals surface area contributed by atoms with Crippen molar-refractivity contribution in [3.05, 3.63) is 227 Å². The van der Waals surface area contributed by atoms with Crippen LogP contribution in [0.5, 0.6) is 0 Å². The summed E-state index contributed by atoms with van der Waals surface area (Å²) < 4.78 is 2.59. The third-order valence-corrected chi connectivity index (χ3v) is 13.5. The fourth-order valence-electron chi connectivity index (χ4n) is 11.0. The number of rotatable bonds is 4. The van der Waals surface area contributed by atoms with Gasteiger partial charge in [-0.05, 0) is 98.0 Å². The highest BCUT2D eigenvalue weighted by Crippen LogP contribution is 2.60. The molecule has 4 aliphatic rings. The molecule has 0 saturated carbocycles. The first-order chi connectivity index (χ1) is 28.0. The van der Waals surface area contributed by atoms with E-state index in [1.165, 1.54) is 99.5 Å². The zero-order valence-corrected chi connectivity index (χ0v) is 32.3. The maximum absolute atomic E-state index is 4.29.